The van der Waals surface area contributed by atoms with Crippen molar-refractivity contribution < 1.29 is 4.92 Å². The van der Waals surface area contributed by atoms with Crippen LogP contribution in [-0.2, 0) is 6.54 Å². The number of nitrogens with zero attached hydrogens (tertiary/aromatic N) is 3. The molecule has 0 fully saturated rings. The van der Waals surface area contributed by atoms with Crippen LogP contribution >= 0.6 is 0 Å². The van der Waals surface area contributed by atoms with Gasteiger partial charge in [-0.05, 0) is 32.5 Å². The van der Waals surface area contributed by atoms with Gasteiger partial charge in [0, 0.05) is 29.9 Å². The number of hydrogen-bond donors (Lipinski definition) is 1. The molecule has 1 N–H and O–H groups in total. The Labute approximate surface area is 117 Å². The van der Waals surface area contributed by atoms with E-state index in [0.29, 0.717) is 17.9 Å². The van der Waals surface area contributed by atoms with Crippen molar-refractivity contribution in [2.75, 3.05) is 7.05 Å². The zero-order valence-corrected chi connectivity index (χ0v) is 11.7. The van der Waals surface area contributed by atoms with Crippen LogP contribution in [0, 0.1) is 24.0 Å². The molecular weight excluding hydrogens is 256 g/mol. The van der Waals surface area contributed by atoms with Crippen LogP contribution in [0.2, 0.25) is 0 Å². The Hall–Kier alpha value is -2.34. The number of nitro benzene ring substituents is 1. The molecule has 1 aromatic carbocycles. The summed E-state index contributed by atoms with van der Waals surface area (Å²) < 4.78 is 0. The molecule has 2 aromatic rings. The fourth-order valence-electron chi connectivity index (χ4n) is 1.99. The fourth-order valence-corrected chi connectivity index (χ4v) is 1.99. The van der Waals surface area contributed by atoms with Gasteiger partial charge >= 0.3 is 0 Å². The van der Waals surface area contributed by atoms with E-state index in [2.05, 4.69) is 15.3 Å². The van der Waals surface area contributed by atoms with Crippen molar-refractivity contribution in [3.63, 3.8) is 0 Å². The number of aromatic nitrogens is 2. The number of non-ortho nitro benzene ring substituents is 1. The minimum atomic E-state index is -0.409. The molecule has 1 heterocycles. The first-order valence-corrected chi connectivity index (χ1v) is 6.26. The van der Waals surface area contributed by atoms with Crippen LogP contribution < -0.4 is 5.32 Å². The SMILES string of the molecule is CNCc1cc(C)nc(-c2cc([N+](=O)[O-])ccc2C)n1. The second-order valence-corrected chi connectivity index (χ2v) is 4.61. The lowest BCUT2D eigenvalue weighted by atomic mass is 10.1. The first-order chi connectivity index (χ1) is 9.51. The molecule has 0 radical (unpaired) electrons. The van der Waals surface area contributed by atoms with Gasteiger partial charge in [0.1, 0.15) is 0 Å². The summed E-state index contributed by atoms with van der Waals surface area (Å²) in [4.78, 5) is 19.3. The molecule has 0 unspecified atom stereocenters. The lowest BCUT2D eigenvalue weighted by Gasteiger charge is -2.08. The van der Waals surface area contributed by atoms with Crippen molar-refractivity contribution in [2.45, 2.75) is 20.4 Å². The molecule has 6 heteroatoms. The molecule has 1 aromatic heterocycles. The van der Waals surface area contributed by atoms with Crippen molar-refractivity contribution in [1.29, 1.82) is 0 Å². The Bertz CT molecular complexity index is 656. The fraction of sp³-hybridized carbons (Fsp3) is 0.286. The third-order valence-electron chi connectivity index (χ3n) is 2.94. The summed E-state index contributed by atoms with van der Waals surface area (Å²) in [5.41, 5.74) is 3.36. The van der Waals surface area contributed by atoms with Crippen molar-refractivity contribution in [3.8, 4) is 11.4 Å². The Morgan fingerprint density at radius 2 is 2.00 bits per heavy atom. The molecule has 20 heavy (non-hydrogen) atoms. The van der Waals surface area contributed by atoms with E-state index in [9.17, 15) is 10.1 Å². The van der Waals surface area contributed by atoms with E-state index in [0.717, 1.165) is 17.0 Å². The van der Waals surface area contributed by atoms with Crippen molar-refractivity contribution >= 4 is 5.69 Å². The van der Waals surface area contributed by atoms with Crippen molar-refractivity contribution in [2.24, 2.45) is 0 Å². The largest absolute Gasteiger partial charge is 0.314 e. The molecule has 6 nitrogen and oxygen atoms in total. The molecule has 0 saturated carbocycles. The highest BCUT2D eigenvalue weighted by Gasteiger charge is 2.13. The normalized spacial score (nSPS) is 10.6. The van der Waals surface area contributed by atoms with Crippen LogP contribution in [0.15, 0.2) is 24.3 Å². The first-order valence-electron chi connectivity index (χ1n) is 6.26. The Balaban J connectivity index is 2.55. The molecule has 0 aliphatic rings. The lowest BCUT2D eigenvalue weighted by molar-refractivity contribution is -0.384. The molecule has 2 rings (SSSR count). The summed E-state index contributed by atoms with van der Waals surface area (Å²) in [7, 11) is 1.84. The molecule has 104 valence electrons. The summed E-state index contributed by atoms with van der Waals surface area (Å²) in [6.07, 6.45) is 0. The van der Waals surface area contributed by atoms with E-state index in [1.165, 1.54) is 12.1 Å². The second-order valence-electron chi connectivity index (χ2n) is 4.61. The van der Waals surface area contributed by atoms with Gasteiger partial charge in [0.05, 0.1) is 10.6 Å². The average molecular weight is 272 g/mol. The van der Waals surface area contributed by atoms with E-state index in [1.807, 2.05) is 27.0 Å². The quantitative estimate of drug-likeness (QED) is 0.682. The number of nitro groups is 1. The van der Waals surface area contributed by atoms with Gasteiger partial charge < -0.3 is 5.32 Å². The summed E-state index contributed by atoms with van der Waals surface area (Å²) in [5, 5.41) is 13.9. The van der Waals surface area contributed by atoms with Crippen LogP contribution in [0.25, 0.3) is 11.4 Å². The number of rotatable bonds is 4. The molecule has 0 saturated heterocycles. The predicted octanol–water partition coefficient (Wildman–Crippen LogP) is 2.39. The maximum absolute atomic E-state index is 10.9. The van der Waals surface area contributed by atoms with Gasteiger partial charge in [0.2, 0.25) is 0 Å². The molecule has 0 amide bonds. The van der Waals surface area contributed by atoms with Crippen LogP contribution in [0.3, 0.4) is 0 Å². The summed E-state index contributed by atoms with van der Waals surface area (Å²) >= 11 is 0. The summed E-state index contributed by atoms with van der Waals surface area (Å²) in [5.74, 6) is 0.524. The first kappa shape index (κ1) is 14.1. The highest BCUT2D eigenvalue weighted by molar-refractivity contribution is 5.63. The van der Waals surface area contributed by atoms with Crippen LogP contribution in [-0.4, -0.2) is 21.9 Å². The van der Waals surface area contributed by atoms with E-state index in [4.69, 9.17) is 0 Å². The Morgan fingerprint density at radius 1 is 1.25 bits per heavy atom. The van der Waals surface area contributed by atoms with Gasteiger partial charge in [-0.1, -0.05) is 6.07 Å². The van der Waals surface area contributed by atoms with Gasteiger partial charge in [0.15, 0.2) is 5.82 Å². The molecule has 0 spiro atoms. The number of aryl methyl sites for hydroxylation is 2. The smallest absolute Gasteiger partial charge is 0.270 e. The predicted molar refractivity (Wildman–Crippen MR) is 76.4 cm³/mol. The molecular formula is C14H16N4O2. The number of nitrogens with one attached hydrogen (secondary N) is 1. The standard InChI is InChI=1S/C14H16N4O2/c1-9-4-5-12(18(19)20)7-13(9)14-16-10(2)6-11(17-14)8-15-3/h4-7,15H,8H2,1-3H3. The van der Waals surface area contributed by atoms with Gasteiger partial charge in [-0.2, -0.15) is 0 Å². The minimum absolute atomic E-state index is 0.0471. The van der Waals surface area contributed by atoms with Gasteiger partial charge in [-0.25, -0.2) is 9.97 Å². The summed E-state index contributed by atoms with van der Waals surface area (Å²) in [6.45, 7) is 4.41. The highest BCUT2D eigenvalue weighted by Crippen LogP contribution is 2.25. The van der Waals surface area contributed by atoms with E-state index >= 15 is 0 Å². The van der Waals surface area contributed by atoms with Crippen LogP contribution in [0.1, 0.15) is 17.0 Å². The van der Waals surface area contributed by atoms with Gasteiger partial charge in [-0.15, -0.1) is 0 Å². The monoisotopic (exact) mass is 272 g/mol. The van der Waals surface area contributed by atoms with Gasteiger partial charge in [0.25, 0.3) is 5.69 Å². The van der Waals surface area contributed by atoms with Crippen molar-refractivity contribution in [3.05, 3.63) is 51.3 Å². The van der Waals surface area contributed by atoms with Crippen LogP contribution in [0.5, 0.6) is 0 Å². The van der Waals surface area contributed by atoms with Gasteiger partial charge in [-0.3, -0.25) is 10.1 Å². The Morgan fingerprint density at radius 3 is 2.65 bits per heavy atom. The zero-order chi connectivity index (χ0) is 14.7. The molecule has 0 aliphatic carbocycles. The third-order valence-corrected chi connectivity index (χ3v) is 2.94. The lowest BCUT2D eigenvalue weighted by Crippen LogP contribution is -2.09. The average Bonchev–Trinajstić information content (AvgIpc) is 2.38. The van der Waals surface area contributed by atoms with Crippen LogP contribution in [0.4, 0.5) is 5.69 Å². The highest BCUT2D eigenvalue weighted by atomic mass is 16.6. The van der Waals surface area contributed by atoms with Crippen molar-refractivity contribution in [1.82, 2.24) is 15.3 Å². The molecule has 0 aliphatic heterocycles. The minimum Gasteiger partial charge on any atom is -0.314 e. The van der Waals surface area contributed by atoms with E-state index < -0.39 is 4.92 Å². The number of benzene rings is 1. The maximum Gasteiger partial charge on any atom is 0.270 e. The van der Waals surface area contributed by atoms with E-state index in [-0.39, 0.29) is 5.69 Å². The summed E-state index contributed by atoms with van der Waals surface area (Å²) in [6, 6.07) is 6.62. The molecule has 0 atom stereocenters. The number of hydrogen-bond acceptors (Lipinski definition) is 5. The topological polar surface area (TPSA) is 81.0 Å². The molecule has 0 bridgehead atoms. The second kappa shape index (κ2) is 5.75. The third kappa shape index (κ3) is 2.97. The van der Waals surface area contributed by atoms with E-state index in [1.54, 1.807) is 6.07 Å². The zero-order valence-electron chi connectivity index (χ0n) is 11.7. The Kier molecular flexibility index (Phi) is 4.05. The maximum atomic E-state index is 10.9.